The molecule has 28 heavy (non-hydrogen) atoms. The number of hydrogen-bond donors (Lipinski definition) is 1. The maximum atomic E-state index is 12.6. The zero-order valence-electron chi connectivity index (χ0n) is 16.8. The average molecular weight is 382 g/mol. The van der Waals surface area contributed by atoms with Gasteiger partial charge in [-0.05, 0) is 39.7 Å². The summed E-state index contributed by atoms with van der Waals surface area (Å²) in [5.74, 6) is 0. The van der Waals surface area contributed by atoms with Crippen molar-refractivity contribution in [2.45, 2.75) is 45.3 Å². The lowest BCUT2D eigenvalue weighted by atomic mass is 10.0. The van der Waals surface area contributed by atoms with E-state index in [1.807, 2.05) is 45.0 Å². The maximum absolute atomic E-state index is 12.6. The largest absolute Gasteiger partial charge is 0.444 e. The Labute approximate surface area is 164 Å². The summed E-state index contributed by atoms with van der Waals surface area (Å²) in [5, 5.41) is 13.8. The number of piperidine rings is 1. The maximum Gasteiger partial charge on any atom is 0.410 e. The molecule has 2 aromatic rings. The summed E-state index contributed by atoms with van der Waals surface area (Å²) in [6.07, 6.45) is 1.13. The molecule has 1 N–H and O–H groups in total. The quantitative estimate of drug-likeness (QED) is 0.862. The van der Waals surface area contributed by atoms with E-state index in [1.165, 1.54) is 4.57 Å². The smallest absolute Gasteiger partial charge is 0.410 e. The highest BCUT2D eigenvalue weighted by Gasteiger charge is 2.28. The van der Waals surface area contributed by atoms with Crippen molar-refractivity contribution in [3.05, 3.63) is 40.2 Å². The van der Waals surface area contributed by atoms with Crippen LogP contribution in [0.1, 0.15) is 39.2 Å². The zero-order chi connectivity index (χ0) is 20.5. The average Bonchev–Trinajstić information content (AvgIpc) is 2.65. The molecule has 2 heterocycles. The number of hydrogen-bond acceptors (Lipinski definition) is 5. The number of nitriles is 1. The minimum atomic E-state index is -0.517. The third-order valence-corrected chi connectivity index (χ3v) is 4.91. The normalized spacial score (nSPS) is 15.3. The third kappa shape index (κ3) is 3.96. The number of benzene rings is 1. The lowest BCUT2D eigenvalue weighted by Crippen LogP contribution is -2.44. The highest BCUT2D eigenvalue weighted by Crippen LogP contribution is 2.27. The van der Waals surface area contributed by atoms with Crippen molar-refractivity contribution in [1.82, 2.24) is 9.47 Å². The van der Waals surface area contributed by atoms with E-state index in [1.54, 1.807) is 11.9 Å². The number of likely N-dealkylation sites (tertiary alicyclic amines) is 1. The van der Waals surface area contributed by atoms with Crippen molar-refractivity contribution in [2.75, 3.05) is 18.4 Å². The van der Waals surface area contributed by atoms with Crippen LogP contribution < -0.4 is 10.9 Å². The van der Waals surface area contributed by atoms with Crippen LogP contribution in [0.5, 0.6) is 0 Å². The first-order valence-electron chi connectivity index (χ1n) is 9.47. The number of anilines is 1. The molecule has 1 aromatic carbocycles. The second-order valence-electron chi connectivity index (χ2n) is 8.13. The number of nitrogens with one attached hydrogen (secondary N) is 1. The lowest BCUT2D eigenvalue weighted by molar-refractivity contribution is 0.0210. The van der Waals surface area contributed by atoms with E-state index in [0.29, 0.717) is 31.6 Å². The van der Waals surface area contributed by atoms with Gasteiger partial charge in [0.2, 0.25) is 0 Å². The van der Waals surface area contributed by atoms with Gasteiger partial charge in [-0.2, -0.15) is 5.26 Å². The summed E-state index contributed by atoms with van der Waals surface area (Å²) >= 11 is 0. The molecule has 0 atom stereocenters. The number of amides is 1. The second kappa shape index (κ2) is 7.55. The number of aromatic nitrogens is 1. The molecule has 148 valence electrons. The summed E-state index contributed by atoms with van der Waals surface area (Å²) in [6.45, 7) is 6.69. The van der Waals surface area contributed by atoms with E-state index in [-0.39, 0.29) is 23.3 Å². The van der Waals surface area contributed by atoms with Crippen molar-refractivity contribution in [2.24, 2.45) is 7.05 Å². The number of nitrogens with zero attached hydrogens (tertiary/aromatic N) is 3. The highest BCUT2D eigenvalue weighted by atomic mass is 16.6. The topological polar surface area (TPSA) is 87.4 Å². The molecule has 3 rings (SSSR count). The van der Waals surface area contributed by atoms with E-state index >= 15 is 0 Å². The minimum absolute atomic E-state index is 0.0706. The molecule has 0 radical (unpaired) electrons. The van der Waals surface area contributed by atoms with Crippen LogP contribution in [0.25, 0.3) is 10.9 Å². The fourth-order valence-corrected chi connectivity index (χ4v) is 3.49. The van der Waals surface area contributed by atoms with E-state index in [4.69, 9.17) is 4.74 Å². The van der Waals surface area contributed by atoms with Gasteiger partial charge in [0.25, 0.3) is 5.56 Å². The fourth-order valence-electron chi connectivity index (χ4n) is 3.49. The number of carbonyl (C=O) groups excluding carboxylic acids is 1. The van der Waals surface area contributed by atoms with Gasteiger partial charge in [0.05, 0.1) is 11.2 Å². The van der Waals surface area contributed by atoms with Crippen molar-refractivity contribution >= 4 is 22.7 Å². The molecule has 1 fully saturated rings. The fraction of sp³-hybridized carbons (Fsp3) is 0.476. The monoisotopic (exact) mass is 382 g/mol. The van der Waals surface area contributed by atoms with Crippen LogP contribution in [0, 0.1) is 11.3 Å². The lowest BCUT2D eigenvalue weighted by Gasteiger charge is -2.34. The van der Waals surface area contributed by atoms with E-state index in [0.717, 1.165) is 10.9 Å². The van der Waals surface area contributed by atoms with Crippen LogP contribution in [-0.4, -0.2) is 40.3 Å². The van der Waals surface area contributed by atoms with E-state index < -0.39 is 5.60 Å². The van der Waals surface area contributed by atoms with Crippen LogP contribution in [0.15, 0.2) is 29.1 Å². The molecular formula is C21H26N4O3. The second-order valence-corrected chi connectivity index (χ2v) is 8.13. The van der Waals surface area contributed by atoms with Gasteiger partial charge < -0.3 is 19.5 Å². The summed E-state index contributed by atoms with van der Waals surface area (Å²) in [5.41, 5.74) is 0.652. The molecule has 0 bridgehead atoms. The molecule has 1 aliphatic heterocycles. The molecule has 7 nitrogen and oxygen atoms in total. The third-order valence-electron chi connectivity index (χ3n) is 4.91. The van der Waals surface area contributed by atoms with Crippen LogP contribution >= 0.6 is 0 Å². The number of carbonyl (C=O) groups is 1. The Balaban J connectivity index is 1.80. The number of aryl methyl sites for hydroxylation is 1. The number of ether oxygens (including phenoxy) is 1. The van der Waals surface area contributed by atoms with Crippen molar-refractivity contribution in [3.8, 4) is 6.07 Å². The number of pyridine rings is 1. The highest BCUT2D eigenvalue weighted by molar-refractivity contribution is 5.94. The van der Waals surface area contributed by atoms with E-state index in [2.05, 4.69) is 11.4 Å². The van der Waals surface area contributed by atoms with Crippen LogP contribution in [0.4, 0.5) is 10.5 Å². The van der Waals surface area contributed by atoms with Gasteiger partial charge in [0, 0.05) is 31.6 Å². The van der Waals surface area contributed by atoms with Gasteiger partial charge in [-0.15, -0.1) is 0 Å². The van der Waals surface area contributed by atoms with Gasteiger partial charge in [-0.25, -0.2) is 4.79 Å². The predicted molar refractivity (Wildman–Crippen MR) is 108 cm³/mol. The standard InChI is InChI=1S/C21H26N4O3/c1-21(2,3)28-20(27)25-11-9-14(10-12-25)23-18-15-7-5-6-8-17(15)24(4)19(26)16(18)13-22/h5-8,14,23H,9-12H2,1-4H3. The van der Waals surface area contributed by atoms with E-state index in [9.17, 15) is 14.9 Å². The van der Waals surface area contributed by atoms with Gasteiger partial charge in [0.15, 0.2) is 0 Å². The number of para-hydroxylation sites is 1. The molecule has 7 heteroatoms. The Hall–Kier alpha value is -3.01. The molecular weight excluding hydrogens is 356 g/mol. The summed E-state index contributed by atoms with van der Waals surface area (Å²) < 4.78 is 6.94. The summed E-state index contributed by atoms with van der Waals surface area (Å²) in [6, 6.07) is 9.67. The number of rotatable bonds is 2. The number of fused-ring (bicyclic) bond motifs is 1. The molecule has 1 aliphatic rings. The van der Waals surface area contributed by atoms with Gasteiger partial charge in [-0.1, -0.05) is 18.2 Å². The first-order valence-corrected chi connectivity index (χ1v) is 9.47. The summed E-state index contributed by atoms with van der Waals surface area (Å²) in [4.78, 5) is 26.5. The van der Waals surface area contributed by atoms with Gasteiger partial charge in [-0.3, -0.25) is 4.79 Å². The molecule has 0 spiro atoms. The Morgan fingerprint density at radius 2 is 1.89 bits per heavy atom. The predicted octanol–water partition coefficient (Wildman–Crippen LogP) is 3.22. The minimum Gasteiger partial charge on any atom is -0.444 e. The van der Waals surface area contributed by atoms with Crippen LogP contribution in [0.3, 0.4) is 0 Å². The first-order chi connectivity index (χ1) is 13.2. The Morgan fingerprint density at radius 3 is 2.50 bits per heavy atom. The molecule has 0 aliphatic carbocycles. The molecule has 0 saturated carbocycles. The SMILES string of the molecule is Cn1c(=O)c(C#N)c(NC2CCN(C(=O)OC(C)(C)C)CC2)c2ccccc21. The van der Waals surface area contributed by atoms with Crippen molar-refractivity contribution < 1.29 is 9.53 Å². The molecule has 1 aromatic heterocycles. The molecule has 1 amide bonds. The Kier molecular flexibility index (Phi) is 5.32. The molecule has 0 unspecified atom stereocenters. The summed E-state index contributed by atoms with van der Waals surface area (Å²) in [7, 11) is 1.68. The molecule has 1 saturated heterocycles. The van der Waals surface area contributed by atoms with Crippen LogP contribution in [0.2, 0.25) is 0 Å². The van der Waals surface area contributed by atoms with Crippen molar-refractivity contribution in [1.29, 1.82) is 5.26 Å². The first kappa shape index (κ1) is 19.7. The Morgan fingerprint density at radius 1 is 1.25 bits per heavy atom. The van der Waals surface area contributed by atoms with Gasteiger partial charge >= 0.3 is 6.09 Å². The zero-order valence-corrected chi connectivity index (χ0v) is 16.8. The van der Waals surface area contributed by atoms with Crippen LogP contribution in [-0.2, 0) is 11.8 Å². The van der Waals surface area contributed by atoms with Crippen molar-refractivity contribution in [3.63, 3.8) is 0 Å². The van der Waals surface area contributed by atoms with Gasteiger partial charge in [0.1, 0.15) is 17.2 Å². The Bertz CT molecular complexity index is 990.